The molecule has 1 fully saturated rings. The summed E-state index contributed by atoms with van der Waals surface area (Å²) in [5, 5.41) is 8.78. The molecule has 76 valence electrons. The fourth-order valence-electron chi connectivity index (χ4n) is 1.87. The minimum Gasteiger partial charge on any atom is -0.481 e. The quantitative estimate of drug-likeness (QED) is 0.678. The highest BCUT2D eigenvalue weighted by atomic mass is 16.5. The van der Waals surface area contributed by atoms with E-state index in [9.17, 15) is 4.79 Å². The summed E-state index contributed by atoms with van der Waals surface area (Å²) in [5.41, 5.74) is 5.59. The van der Waals surface area contributed by atoms with Gasteiger partial charge in [-0.25, -0.2) is 0 Å². The van der Waals surface area contributed by atoms with Crippen LogP contribution in [0.25, 0.3) is 0 Å². The SMILES string of the molecule is CC(N)C1(CC(=O)O)CCOCC1. The Bertz CT molecular complexity index is 185. The maximum absolute atomic E-state index is 10.7. The molecule has 1 rings (SSSR count). The third kappa shape index (κ3) is 2.42. The van der Waals surface area contributed by atoms with E-state index in [1.807, 2.05) is 6.92 Å². The summed E-state index contributed by atoms with van der Waals surface area (Å²) in [6.45, 7) is 3.15. The summed E-state index contributed by atoms with van der Waals surface area (Å²) in [5.74, 6) is -0.765. The molecular formula is C9H17NO3. The molecule has 0 bridgehead atoms. The molecule has 1 unspecified atom stereocenters. The maximum Gasteiger partial charge on any atom is 0.303 e. The van der Waals surface area contributed by atoms with Gasteiger partial charge in [-0.1, -0.05) is 0 Å². The minimum atomic E-state index is -0.765. The Morgan fingerprint density at radius 1 is 1.62 bits per heavy atom. The highest BCUT2D eigenvalue weighted by Crippen LogP contribution is 2.36. The monoisotopic (exact) mass is 187 g/mol. The average Bonchev–Trinajstić information content (AvgIpc) is 2.04. The van der Waals surface area contributed by atoms with Crippen LogP contribution in [0.1, 0.15) is 26.2 Å². The van der Waals surface area contributed by atoms with E-state index in [2.05, 4.69) is 0 Å². The Labute approximate surface area is 78.1 Å². The molecule has 4 heteroatoms. The number of rotatable bonds is 3. The van der Waals surface area contributed by atoms with Gasteiger partial charge in [-0.15, -0.1) is 0 Å². The second kappa shape index (κ2) is 4.07. The number of hydrogen-bond donors (Lipinski definition) is 2. The maximum atomic E-state index is 10.7. The highest BCUT2D eigenvalue weighted by Gasteiger charge is 2.38. The second-order valence-corrected chi connectivity index (χ2v) is 3.83. The topological polar surface area (TPSA) is 72.6 Å². The predicted octanol–water partition coefficient (Wildman–Crippen LogP) is 0.605. The molecule has 0 aromatic rings. The molecule has 0 saturated carbocycles. The van der Waals surface area contributed by atoms with E-state index in [1.165, 1.54) is 0 Å². The van der Waals surface area contributed by atoms with E-state index in [0.717, 1.165) is 12.8 Å². The summed E-state index contributed by atoms with van der Waals surface area (Å²) in [6, 6.07) is -0.0764. The Morgan fingerprint density at radius 2 is 2.15 bits per heavy atom. The van der Waals surface area contributed by atoms with Crippen molar-refractivity contribution >= 4 is 5.97 Å². The van der Waals surface area contributed by atoms with Crippen molar-refractivity contribution in [3.8, 4) is 0 Å². The molecule has 1 saturated heterocycles. The molecule has 13 heavy (non-hydrogen) atoms. The van der Waals surface area contributed by atoms with Crippen LogP contribution >= 0.6 is 0 Å². The second-order valence-electron chi connectivity index (χ2n) is 3.83. The van der Waals surface area contributed by atoms with Crippen molar-refractivity contribution in [1.29, 1.82) is 0 Å². The van der Waals surface area contributed by atoms with Crippen LogP contribution in [0, 0.1) is 5.41 Å². The number of carbonyl (C=O) groups is 1. The van der Waals surface area contributed by atoms with Crippen molar-refractivity contribution in [1.82, 2.24) is 0 Å². The van der Waals surface area contributed by atoms with Crippen LogP contribution < -0.4 is 5.73 Å². The number of carboxylic acid groups (broad SMARTS) is 1. The summed E-state index contributed by atoms with van der Waals surface area (Å²) >= 11 is 0. The van der Waals surface area contributed by atoms with Gasteiger partial charge < -0.3 is 15.6 Å². The lowest BCUT2D eigenvalue weighted by atomic mass is 9.72. The van der Waals surface area contributed by atoms with Crippen molar-refractivity contribution in [3.05, 3.63) is 0 Å². The van der Waals surface area contributed by atoms with Gasteiger partial charge in [-0.3, -0.25) is 4.79 Å². The van der Waals surface area contributed by atoms with Gasteiger partial charge in [0.2, 0.25) is 0 Å². The third-order valence-electron chi connectivity index (χ3n) is 2.96. The molecular weight excluding hydrogens is 170 g/mol. The van der Waals surface area contributed by atoms with Gasteiger partial charge in [0.15, 0.2) is 0 Å². The smallest absolute Gasteiger partial charge is 0.303 e. The molecule has 0 aromatic heterocycles. The normalized spacial score (nSPS) is 23.8. The first-order valence-corrected chi connectivity index (χ1v) is 4.62. The summed E-state index contributed by atoms with van der Waals surface area (Å²) in [4.78, 5) is 10.7. The molecule has 3 N–H and O–H groups in total. The first-order valence-electron chi connectivity index (χ1n) is 4.62. The number of aliphatic carboxylic acids is 1. The minimum absolute atomic E-state index is 0.0764. The number of nitrogens with two attached hydrogens (primary N) is 1. The van der Waals surface area contributed by atoms with E-state index in [0.29, 0.717) is 13.2 Å². The van der Waals surface area contributed by atoms with E-state index in [-0.39, 0.29) is 17.9 Å². The Kier molecular flexibility index (Phi) is 3.27. The van der Waals surface area contributed by atoms with Crippen LogP contribution in [0.4, 0.5) is 0 Å². The van der Waals surface area contributed by atoms with Crippen molar-refractivity contribution < 1.29 is 14.6 Å². The van der Waals surface area contributed by atoms with Gasteiger partial charge in [-0.2, -0.15) is 0 Å². The molecule has 0 radical (unpaired) electrons. The average molecular weight is 187 g/mol. The van der Waals surface area contributed by atoms with Crippen molar-refractivity contribution in [2.24, 2.45) is 11.1 Å². The Hall–Kier alpha value is -0.610. The van der Waals surface area contributed by atoms with Crippen LogP contribution in [0.2, 0.25) is 0 Å². The summed E-state index contributed by atoms with van der Waals surface area (Å²) < 4.78 is 5.21. The Balaban J connectivity index is 2.67. The Morgan fingerprint density at radius 3 is 2.54 bits per heavy atom. The molecule has 0 aliphatic carbocycles. The zero-order chi connectivity index (χ0) is 9.90. The van der Waals surface area contributed by atoms with E-state index >= 15 is 0 Å². The first-order chi connectivity index (χ1) is 6.07. The van der Waals surface area contributed by atoms with Gasteiger partial charge in [0, 0.05) is 19.3 Å². The lowest BCUT2D eigenvalue weighted by molar-refractivity contribution is -0.142. The van der Waals surface area contributed by atoms with Crippen LogP contribution in [0.3, 0.4) is 0 Å². The third-order valence-corrected chi connectivity index (χ3v) is 2.96. The van der Waals surface area contributed by atoms with E-state index in [1.54, 1.807) is 0 Å². The van der Waals surface area contributed by atoms with Crippen LogP contribution in [0.15, 0.2) is 0 Å². The van der Waals surface area contributed by atoms with Crippen molar-refractivity contribution in [2.45, 2.75) is 32.2 Å². The van der Waals surface area contributed by atoms with Gasteiger partial charge >= 0.3 is 5.97 Å². The van der Waals surface area contributed by atoms with Gasteiger partial charge in [0.05, 0.1) is 6.42 Å². The number of carboxylic acids is 1. The lowest BCUT2D eigenvalue weighted by Crippen LogP contribution is -2.45. The first kappa shape index (κ1) is 10.5. The van der Waals surface area contributed by atoms with E-state index < -0.39 is 5.97 Å². The van der Waals surface area contributed by atoms with E-state index in [4.69, 9.17) is 15.6 Å². The largest absolute Gasteiger partial charge is 0.481 e. The lowest BCUT2D eigenvalue weighted by Gasteiger charge is -2.39. The summed E-state index contributed by atoms with van der Waals surface area (Å²) in [6.07, 6.45) is 1.68. The fourth-order valence-corrected chi connectivity index (χ4v) is 1.87. The molecule has 0 amide bonds. The summed E-state index contributed by atoms with van der Waals surface area (Å²) in [7, 11) is 0. The molecule has 1 heterocycles. The standard InChI is InChI=1S/C9H17NO3/c1-7(10)9(6-8(11)12)2-4-13-5-3-9/h7H,2-6,10H2,1H3,(H,11,12). The van der Waals surface area contributed by atoms with Crippen molar-refractivity contribution in [2.75, 3.05) is 13.2 Å². The van der Waals surface area contributed by atoms with Gasteiger partial charge in [0.25, 0.3) is 0 Å². The predicted molar refractivity (Wildman–Crippen MR) is 48.4 cm³/mol. The number of ether oxygens (including phenoxy) is 1. The highest BCUT2D eigenvalue weighted by molar-refractivity contribution is 5.67. The molecule has 1 aliphatic heterocycles. The van der Waals surface area contributed by atoms with Crippen LogP contribution in [-0.4, -0.2) is 30.3 Å². The molecule has 0 spiro atoms. The van der Waals surface area contributed by atoms with Gasteiger partial charge in [0.1, 0.15) is 0 Å². The van der Waals surface area contributed by atoms with Crippen LogP contribution in [0.5, 0.6) is 0 Å². The fraction of sp³-hybridized carbons (Fsp3) is 0.889. The zero-order valence-corrected chi connectivity index (χ0v) is 7.95. The molecule has 1 aliphatic rings. The van der Waals surface area contributed by atoms with Crippen molar-refractivity contribution in [3.63, 3.8) is 0 Å². The zero-order valence-electron chi connectivity index (χ0n) is 7.95. The molecule has 1 atom stereocenters. The molecule has 0 aromatic carbocycles. The van der Waals surface area contributed by atoms with Gasteiger partial charge in [-0.05, 0) is 25.2 Å². The number of hydrogen-bond acceptors (Lipinski definition) is 3. The molecule has 4 nitrogen and oxygen atoms in total. The van der Waals surface area contributed by atoms with Crippen LogP contribution in [-0.2, 0) is 9.53 Å².